The highest BCUT2D eigenvalue weighted by Crippen LogP contribution is 2.47. The van der Waals surface area contributed by atoms with Crippen LogP contribution >= 0.6 is 11.6 Å². The van der Waals surface area contributed by atoms with E-state index in [1.54, 1.807) is 6.07 Å². The lowest BCUT2D eigenvalue weighted by molar-refractivity contribution is -0.139. The van der Waals surface area contributed by atoms with Crippen LogP contribution in [0.3, 0.4) is 0 Å². The number of ketones is 1. The van der Waals surface area contributed by atoms with Gasteiger partial charge in [0.05, 0.1) is 18.1 Å². The number of ether oxygens (including phenoxy) is 1. The van der Waals surface area contributed by atoms with Crippen LogP contribution in [0, 0.1) is 11.3 Å². The second-order valence-electron chi connectivity index (χ2n) is 9.47. The predicted molar refractivity (Wildman–Crippen MR) is 127 cm³/mol. The molecular formula is C27H28ClNO3. The van der Waals surface area contributed by atoms with E-state index in [0.29, 0.717) is 29.1 Å². The van der Waals surface area contributed by atoms with E-state index in [1.807, 2.05) is 55.5 Å². The summed E-state index contributed by atoms with van der Waals surface area (Å²) in [4.78, 5) is 31.3. The first-order valence-electron chi connectivity index (χ1n) is 11.0. The second-order valence-corrected chi connectivity index (χ2v) is 9.90. The highest BCUT2D eigenvalue weighted by molar-refractivity contribution is 6.30. The smallest absolute Gasteiger partial charge is 0.336 e. The predicted octanol–water partition coefficient (Wildman–Crippen LogP) is 5.94. The maximum absolute atomic E-state index is 13.3. The summed E-state index contributed by atoms with van der Waals surface area (Å²) in [6.45, 7) is 6.28. The van der Waals surface area contributed by atoms with E-state index < -0.39 is 17.8 Å². The van der Waals surface area contributed by atoms with E-state index >= 15 is 0 Å². The zero-order valence-corrected chi connectivity index (χ0v) is 19.5. The van der Waals surface area contributed by atoms with Crippen LogP contribution in [0.1, 0.15) is 50.7 Å². The molecule has 0 aromatic heterocycles. The van der Waals surface area contributed by atoms with E-state index in [0.717, 1.165) is 23.3 Å². The van der Waals surface area contributed by atoms with E-state index in [2.05, 4.69) is 13.8 Å². The zero-order valence-electron chi connectivity index (χ0n) is 18.7. The van der Waals surface area contributed by atoms with E-state index in [4.69, 9.17) is 21.3 Å². The largest absolute Gasteiger partial charge is 0.462 e. The summed E-state index contributed by atoms with van der Waals surface area (Å²) < 4.78 is 5.68. The number of esters is 1. The molecule has 0 radical (unpaired) electrons. The van der Waals surface area contributed by atoms with Gasteiger partial charge in [0, 0.05) is 35.2 Å². The molecule has 2 aromatic rings. The lowest BCUT2D eigenvalue weighted by Crippen LogP contribution is -2.44. The summed E-state index contributed by atoms with van der Waals surface area (Å²) in [6.07, 6.45) is 1.82. The number of benzene rings is 2. The van der Waals surface area contributed by atoms with Gasteiger partial charge in [0.15, 0.2) is 0 Å². The molecule has 1 fully saturated rings. The number of hydrogen-bond donors (Lipinski definition) is 0. The summed E-state index contributed by atoms with van der Waals surface area (Å²) in [7, 11) is 0. The molecular weight excluding hydrogens is 422 g/mol. The molecule has 1 aliphatic carbocycles. The number of carbonyl (C=O) groups excluding carboxylic acids is 2. The molecule has 2 aromatic carbocycles. The van der Waals surface area contributed by atoms with Crippen LogP contribution in [0.15, 0.2) is 70.9 Å². The zero-order chi connectivity index (χ0) is 22.9. The Morgan fingerprint density at radius 1 is 1.09 bits per heavy atom. The highest BCUT2D eigenvalue weighted by atomic mass is 35.5. The lowest BCUT2D eigenvalue weighted by atomic mass is 9.63. The molecule has 1 saturated carbocycles. The van der Waals surface area contributed by atoms with Gasteiger partial charge in [0.1, 0.15) is 5.78 Å². The number of hydrogen-bond acceptors (Lipinski definition) is 4. The van der Waals surface area contributed by atoms with Gasteiger partial charge < -0.3 is 4.74 Å². The van der Waals surface area contributed by atoms with Crippen molar-refractivity contribution < 1.29 is 14.3 Å². The van der Waals surface area contributed by atoms with E-state index in [9.17, 15) is 9.59 Å². The number of nitrogens with zero attached hydrogens (tertiary/aromatic N) is 1. The Hall–Kier alpha value is -2.72. The Balaban J connectivity index is 1.67. The molecule has 166 valence electrons. The topological polar surface area (TPSA) is 55.7 Å². The summed E-state index contributed by atoms with van der Waals surface area (Å²) in [5.41, 5.74) is 3.75. The van der Waals surface area contributed by atoms with Crippen molar-refractivity contribution >= 4 is 29.1 Å². The van der Waals surface area contributed by atoms with Gasteiger partial charge in [0.2, 0.25) is 0 Å². The molecule has 0 N–H and O–H groups in total. The van der Waals surface area contributed by atoms with Crippen molar-refractivity contribution in [3.63, 3.8) is 0 Å². The Morgan fingerprint density at radius 3 is 2.56 bits per heavy atom. The van der Waals surface area contributed by atoms with Crippen molar-refractivity contribution in [1.29, 1.82) is 0 Å². The van der Waals surface area contributed by atoms with Crippen LogP contribution < -0.4 is 0 Å². The van der Waals surface area contributed by atoms with Crippen molar-refractivity contribution in [2.75, 3.05) is 6.61 Å². The average molecular weight is 450 g/mol. The van der Waals surface area contributed by atoms with Crippen LogP contribution in [0.25, 0.3) is 0 Å². The number of aliphatic imine (C=N–C) groups is 1. The van der Waals surface area contributed by atoms with Crippen molar-refractivity contribution in [3.8, 4) is 0 Å². The van der Waals surface area contributed by atoms with Gasteiger partial charge in [-0.3, -0.25) is 9.79 Å². The van der Waals surface area contributed by atoms with Gasteiger partial charge >= 0.3 is 5.97 Å². The van der Waals surface area contributed by atoms with Crippen LogP contribution in [-0.2, 0) is 20.7 Å². The van der Waals surface area contributed by atoms with Crippen LogP contribution in [-0.4, -0.2) is 24.1 Å². The molecule has 32 heavy (non-hydrogen) atoms. The first-order valence-corrected chi connectivity index (χ1v) is 11.4. The highest BCUT2D eigenvalue weighted by Gasteiger charge is 2.47. The van der Waals surface area contributed by atoms with E-state index in [1.165, 1.54) is 0 Å². The molecule has 1 heterocycles. The standard InChI is InChI=1S/C27H28ClNO3/c1-17-23(26(31)32-13-12-18-8-5-4-6-9-18)24(19-10-7-11-20(28)14-19)25-21(29-17)15-27(2,3)16-22(25)30/h4-11,14,24-25H,12-13,15-16H2,1-3H3. The van der Waals surface area contributed by atoms with Gasteiger partial charge in [-0.1, -0.05) is 67.9 Å². The maximum Gasteiger partial charge on any atom is 0.336 e. The number of rotatable bonds is 5. The maximum atomic E-state index is 13.3. The first-order chi connectivity index (χ1) is 15.2. The summed E-state index contributed by atoms with van der Waals surface area (Å²) >= 11 is 6.29. The quantitative estimate of drug-likeness (QED) is 0.530. The molecule has 1 aliphatic heterocycles. The minimum atomic E-state index is -0.457. The van der Waals surface area contributed by atoms with Crippen LogP contribution in [0.2, 0.25) is 5.02 Å². The minimum absolute atomic E-state index is 0.118. The monoisotopic (exact) mass is 449 g/mol. The van der Waals surface area contributed by atoms with Crippen molar-refractivity contribution in [1.82, 2.24) is 0 Å². The molecule has 0 spiro atoms. The Labute approximate surface area is 194 Å². The van der Waals surface area contributed by atoms with Gasteiger partial charge in [0.25, 0.3) is 0 Å². The average Bonchev–Trinajstić information content (AvgIpc) is 2.72. The lowest BCUT2D eigenvalue weighted by Gasteiger charge is -2.41. The fraction of sp³-hybridized carbons (Fsp3) is 0.370. The van der Waals surface area contributed by atoms with Crippen molar-refractivity contribution in [3.05, 3.63) is 82.0 Å². The molecule has 4 nitrogen and oxygen atoms in total. The van der Waals surface area contributed by atoms with Crippen LogP contribution in [0.5, 0.6) is 0 Å². The molecule has 0 bridgehead atoms. The van der Waals surface area contributed by atoms with Gasteiger partial charge in [-0.15, -0.1) is 0 Å². The Bertz CT molecular complexity index is 1100. The second kappa shape index (κ2) is 9.03. The number of allylic oxidation sites excluding steroid dienone is 1. The normalized spacial score (nSPS) is 22.2. The van der Waals surface area contributed by atoms with E-state index in [-0.39, 0.29) is 17.8 Å². The van der Waals surface area contributed by atoms with Gasteiger partial charge in [-0.05, 0) is 42.0 Å². The Kier molecular flexibility index (Phi) is 6.34. The molecule has 2 unspecified atom stereocenters. The molecule has 0 saturated heterocycles. The third-order valence-corrected chi connectivity index (χ3v) is 6.49. The minimum Gasteiger partial charge on any atom is -0.462 e. The summed E-state index contributed by atoms with van der Waals surface area (Å²) in [5, 5.41) is 0.574. The van der Waals surface area contributed by atoms with Gasteiger partial charge in [-0.25, -0.2) is 4.79 Å². The fourth-order valence-corrected chi connectivity index (χ4v) is 5.10. The summed E-state index contributed by atoms with van der Waals surface area (Å²) in [6, 6.07) is 17.3. The van der Waals surface area contributed by atoms with Crippen molar-refractivity contribution in [2.45, 2.75) is 46.0 Å². The van der Waals surface area contributed by atoms with Crippen LogP contribution in [0.4, 0.5) is 0 Å². The molecule has 2 aliphatic rings. The molecule has 2 atom stereocenters. The third kappa shape index (κ3) is 4.71. The molecule has 4 rings (SSSR count). The Morgan fingerprint density at radius 2 is 1.84 bits per heavy atom. The third-order valence-electron chi connectivity index (χ3n) is 6.26. The van der Waals surface area contributed by atoms with Crippen molar-refractivity contribution in [2.24, 2.45) is 16.3 Å². The number of Topliss-reactive ketones (excluding diaryl/α,β-unsaturated/α-hetero) is 1. The summed E-state index contributed by atoms with van der Waals surface area (Å²) in [5.74, 6) is -1.19. The van der Waals surface area contributed by atoms with Gasteiger partial charge in [-0.2, -0.15) is 0 Å². The SMILES string of the molecule is CC1=C(C(=O)OCCc2ccccc2)C(c2cccc(Cl)c2)C2C(=O)CC(C)(C)CC2=N1. The number of fused-ring (bicyclic) bond motifs is 1. The fourth-order valence-electron chi connectivity index (χ4n) is 4.90. The molecule has 0 amide bonds. The number of halogens is 1. The first kappa shape index (κ1) is 22.5. The molecule has 5 heteroatoms. The number of carbonyl (C=O) groups is 2.